The van der Waals surface area contributed by atoms with Gasteiger partial charge < -0.3 is 15.4 Å². The lowest BCUT2D eigenvalue weighted by atomic mass is 9.89. The van der Waals surface area contributed by atoms with E-state index in [2.05, 4.69) is 33.5 Å². The largest absolute Gasteiger partial charge is 0.492 e. The highest BCUT2D eigenvalue weighted by atomic mass is 79.9. The number of carbonyl (C=O) groups is 1. The lowest BCUT2D eigenvalue weighted by molar-refractivity contribution is 0.102. The molecule has 27 heavy (non-hydrogen) atoms. The zero-order valence-corrected chi connectivity index (χ0v) is 17.6. The first-order valence-corrected chi connectivity index (χ1v) is 10.0. The number of rotatable bonds is 6. The summed E-state index contributed by atoms with van der Waals surface area (Å²) >= 11 is 8.90. The number of carbonyl (C=O) groups excluding carboxylic acids is 1. The topological polar surface area (TPSA) is 50.4 Å². The molecule has 0 aliphatic carbocycles. The average Bonchev–Trinajstić information content (AvgIpc) is 2.66. The lowest BCUT2D eigenvalue weighted by Gasteiger charge is -2.30. The predicted octanol–water partition coefficient (Wildman–Crippen LogP) is 4.91. The van der Waals surface area contributed by atoms with Gasteiger partial charge in [0.05, 0.1) is 17.1 Å². The summed E-state index contributed by atoms with van der Waals surface area (Å²) in [5.41, 5.74) is 3.01. The molecule has 2 aromatic rings. The van der Waals surface area contributed by atoms with Gasteiger partial charge in [0, 0.05) is 16.8 Å². The van der Waals surface area contributed by atoms with Crippen LogP contribution in [-0.2, 0) is 0 Å². The molecule has 1 aliphatic heterocycles. The average molecular weight is 445 g/mol. The van der Waals surface area contributed by atoms with Gasteiger partial charge in [-0.25, -0.2) is 0 Å². The second-order valence-corrected chi connectivity index (χ2v) is 7.57. The summed E-state index contributed by atoms with van der Waals surface area (Å²) in [5, 5.41) is 6.81. The summed E-state index contributed by atoms with van der Waals surface area (Å²) in [5.74, 6) is 0.761. The van der Waals surface area contributed by atoms with Gasteiger partial charge in [0.2, 0.25) is 0 Å². The zero-order chi connectivity index (χ0) is 19.4. The van der Waals surface area contributed by atoms with Crippen LogP contribution in [0.5, 0.6) is 5.75 Å². The van der Waals surface area contributed by atoms with E-state index in [1.807, 2.05) is 55.5 Å². The van der Waals surface area contributed by atoms with Gasteiger partial charge in [-0.3, -0.25) is 4.79 Å². The molecule has 1 heterocycles. The number of hydrogen-bond donors (Lipinski definition) is 2. The second-order valence-electron chi connectivity index (χ2n) is 6.30. The van der Waals surface area contributed by atoms with Crippen molar-refractivity contribution in [3.05, 3.63) is 75.4 Å². The molecule has 0 amide bonds. The minimum atomic E-state index is -0.331. The summed E-state index contributed by atoms with van der Waals surface area (Å²) in [6.45, 7) is 4.60. The third kappa shape index (κ3) is 4.39. The van der Waals surface area contributed by atoms with Crippen molar-refractivity contribution in [3.63, 3.8) is 0 Å². The van der Waals surface area contributed by atoms with Crippen LogP contribution in [0.15, 0.2) is 64.3 Å². The standard InChI is InChI=1S/C21H21BrN2O2S/c1-3-11-26-17-10-9-15(12-16(17)22)19-18(13(2)23-21(27)24-19)20(25)14-7-5-4-6-8-14/h4-10,12,19H,3,11H2,1-2H3,(H2,23,24,27). The summed E-state index contributed by atoms with van der Waals surface area (Å²) in [6.07, 6.45) is 0.940. The molecule has 6 heteroatoms. The number of Topliss-reactive ketones (excluding diaryl/α,β-unsaturated/α-hetero) is 1. The van der Waals surface area contributed by atoms with E-state index in [-0.39, 0.29) is 11.8 Å². The molecule has 4 nitrogen and oxygen atoms in total. The molecule has 0 radical (unpaired) electrons. The van der Waals surface area contributed by atoms with Crippen LogP contribution in [0.3, 0.4) is 0 Å². The summed E-state index contributed by atoms with van der Waals surface area (Å²) in [6, 6.07) is 14.8. The number of benzene rings is 2. The Hall–Kier alpha value is -2.18. The quantitative estimate of drug-likeness (QED) is 0.489. The molecular weight excluding hydrogens is 424 g/mol. The Morgan fingerprint density at radius 2 is 1.96 bits per heavy atom. The fraction of sp³-hybridized carbons (Fsp3) is 0.238. The Morgan fingerprint density at radius 1 is 1.22 bits per heavy atom. The molecule has 0 bridgehead atoms. The lowest BCUT2D eigenvalue weighted by Crippen LogP contribution is -2.44. The van der Waals surface area contributed by atoms with Crippen molar-refractivity contribution < 1.29 is 9.53 Å². The summed E-state index contributed by atoms with van der Waals surface area (Å²) in [4.78, 5) is 13.2. The SMILES string of the molecule is CCCOc1ccc(C2NC(=S)NC(C)=C2C(=O)c2ccccc2)cc1Br. The Balaban J connectivity index is 1.99. The minimum absolute atomic E-state index is 0.0250. The van der Waals surface area contributed by atoms with Crippen LogP contribution in [0.4, 0.5) is 0 Å². The first-order chi connectivity index (χ1) is 13.0. The number of allylic oxidation sites excluding steroid dienone is 1. The third-order valence-corrected chi connectivity index (χ3v) is 5.14. The maximum atomic E-state index is 13.2. The minimum Gasteiger partial charge on any atom is -0.492 e. The van der Waals surface area contributed by atoms with Crippen molar-refractivity contribution in [1.82, 2.24) is 10.6 Å². The first-order valence-electron chi connectivity index (χ1n) is 8.81. The van der Waals surface area contributed by atoms with Gasteiger partial charge in [0.25, 0.3) is 0 Å². The molecule has 0 saturated heterocycles. The molecule has 0 fully saturated rings. The van der Waals surface area contributed by atoms with E-state index < -0.39 is 0 Å². The first kappa shape index (κ1) is 19.6. The fourth-order valence-electron chi connectivity index (χ4n) is 3.02. The number of nitrogens with one attached hydrogen (secondary N) is 2. The van der Waals surface area contributed by atoms with Gasteiger partial charge in [0.1, 0.15) is 5.75 Å². The summed E-state index contributed by atoms with van der Waals surface area (Å²) in [7, 11) is 0. The number of hydrogen-bond acceptors (Lipinski definition) is 3. The van der Waals surface area contributed by atoms with Crippen LogP contribution in [-0.4, -0.2) is 17.5 Å². The molecular formula is C21H21BrN2O2S. The Kier molecular flexibility index (Phi) is 6.29. The Morgan fingerprint density at radius 3 is 2.63 bits per heavy atom. The molecule has 0 saturated carbocycles. The van der Waals surface area contributed by atoms with Gasteiger partial charge in [-0.1, -0.05) is 43.3 Å². The number of thiocarbonyl (C=S) groups is 1. The maximum Gasteiger partial charge on any atom is 0.193 e. The summed E-state index contributed by atoms with van der Waals surface area (Å²) < 4.78 is 6.58. The second kappa shape index (κ2) is 8.67. The van der Waals surface area contributed by atoms with Crippen molar-refractivity contribution in [1.29, 1.82) is 0 Å². The molecule has 1 aliphatic rings. The fourth-order valence-corrected chi connectivity index (χ4v) is 3.80. The Labute approximate surface area is 173 Å². The predicted molar refractivity (Wildman–Crippen MR) is 115 cm³/mol. The molecule has 1 atom stereocenters. The van der Waals surface area contributed by atoms with Gasteiger partial charge in [-0.05, 0) is 59.2 Å². The highest BCUT2D eigenvalue weighted by molar-refractivity contribution is 9.10. The van der Waals surface area contributed by atoms with E-state index >= 15 is 0 Å². The van der Waals surface area contributed by atoms with E-state index in [1.165, 1.54) is 0 Å². The van der Waals surface area contributed by atoms with E-state index in [9.17, 15) is 4.79 Å². The van der Waals surface area contributed by atoms with Crippen LogP contribution in [0.1, 0.15) is 42.2 Å². The number of ether oxygens (including phenoxy) is 1. The third-order valence-electron chi connectivity index (χ3n) is 4.30. The highest BCUT2D eigenvalue weighted by Gasteiger charge is 2.30. The maximum absolute atomic E-state index is 13.2. The van der Waals surface area contributed by atoms with Crippen molar-refractivity contribution in [2.75, 3.05) is 6.61 Å². The highest BCUT2D eigenvalue weighted by Crippen LogP contribution is 2.34. The molecule has 140 valence electrons. The van der Waals surface area contributed by atoms with Crippen molar-refractivity contribution in [3.8, 4) is 5.75 Å². The van der Waals surface area contributed by atoms with E-state index in [4.69, 9.17) is 17.0 Å². The number of halogens is 1. The van der Waals surface area contributed by atoms with Gasteiger partial charge in [-0.15, -0.1) is 0 Å². The van der Waals surface area contributed by atoms with E-state index in [0.717, 1.165) is 27.9 Å². The van der Waals surface area contributed by atoms with Crippen LogP contribution >= 0.6 is 28.1 Å². The number of ketones is 1. The Bertz CT molecular complexity index is 896. The zero-order valence-electron chi connectivity index (χ0n) is 15.2. The van der Waals surface area contributed by atoms with E-state index in [1.54, 1.807) is 0 Å². The molecule has 0 aromatic heterocycles. The van der Waals surface area contributed by atoms with Crippen molar-refractivity contribution in [2.24, 2.45) is 0 Å². The van der Waals surface area contributed by atoms with Gasteiger partial charge in [-0.2, -0.15) is 0 Å². The van der Waals surface area contributed by atoms with Crippen LogP contribution in [0.2, 0.25) is 0 Å². The molecule has 2 N–H and O–H groups in total. The molecule has 3 rings (SSSR count). The van der Waals surface area contributed by atoms with Gasteiger partial charge >= 0.3 is 0 Å². The van der Waals surface area contributed by atoms with Crippen molar-refractivity contribution >= 4 is 39.0 Å². The van der Waals surface area contributed by atoms with E-state index in [0.29, 0.717) is 22.9 Å². The smallest absolute Gasteiger partial charge is 0.193 e. The van der Waals surface area contributed by atoms with Gasteiger partial charge in [0.15, 0.2) is 10.9 Å². The normalized spacial score (nSPS) is 16.6. The monoisotopic (exact) mass is 444 g/mol. The van der Waals surface area contributed by atoms with Crippen molar-refractivity contribution in [2.45, 2.75) is 26.3 Å². The van der Waals surface area contributed by atoms with Crippen LogP contribution in [0, 0.1) is 0 Å². The molecule has 1 unspecified atom stereocenters. The molecule has 2 aromatic carbocycles. The van der Waals surface area contributed by atoms with Crippen LogP contribution < -0.4 is 15.4 Å². The van der Waals surface area contributed by atoms with Crippen LogP contribution in [0.25, 0.3) is 0 Å². The molecule has 0 spiro atoms.